The minimum atomic E-state index is 0. The lowest BCUT2D eigenvalue weighted by Gasteiger charge is -2.33. The maximum absolute atomic E-state index is 4.44. The molecule has 0 bridgehead atoms. The van der Waals surface area contributed by atoms with Gasteiger partial charge in [-0.05, 0) is 48.2 Å². The van der Waals surface area contributed by atoms with Gasteiger partial charge in [0.25, 0.3) is 0 Å². The van der Waals surface area contributed by atoms with Gasteiger partial charge in [0.2, 0.25) is 0 Å². The monoisotopic (exact) mass is 495 g/mol. The fraction of sp³-hybridized carbons (Fsp3) is 0.385. The van der Waals surface area contributed by atoms with E-state index < -0.39 is 0 Å². The molecule has 170 valence electrons. The van der Waals surface area contributed by atoms with Crippen LogP contribution >= 0.6 is 17.0 Å². The Morgan fingerprint density at radius 3 is 1.72 bits per heavy atom. The number of hydrogen-bond acceptors (Lipinski definition) is 5. The first-order valence-electron chi connectivity index (χ1n) is 11.4. The fourth-order valence-electron chi connectivity index (χ4n) is 4.22. The van der Waals surface area contributed by atoms with Gasteiger partial charge >= 0.3 is 0 Å². The summed E-state index contributed by atoms with van der Waals surface area (Å²) in [5.41, 5.74) is 4.82. The SMILES string of the molecule is Br.c1ccc(CNCc2ccc(CN[C@H]3CCCC[C@@H]3NCc3ccccn3)cc2)nc1. The van der Waals surface area contributed by atoms with Crippen molar-refractivity contribution in [1.82, 2.24) is 25.9 Å². The number of hydrogen-bond donors (Lipinski definition) is 3. The van der Waals surface area contributed by atoms with Crippen LogP contribution in [0.25, 0.3) is 0 Å². The van der Waals surface area contributed by atoms with Gasteiger partial charge in [0.1, 0.15) is 0 Å². The van der Waals surface area contributed by atoms with Gasteiger partial charge in [-0.15, -0.1) is 17.0 Å². The van der Waals surface area contributed by atoms with Crippen LogP contribution in [0.2, 0.25) is 0 Å². The molecule has 2 aromatic heterocycles. The number of pyridine rings is 2. The molecule has 2 heterocycles. The number of aromatic nitrogens is 2. The largest absolute Gasteiger partial charge is 0.308 e. The Hall–Kier alpha value is -2.12. The van der Waals surface area contributed by atoms with Gasteiger partial charge in [-0.3, -0.25) is 9.97 Å². The van der Waals surface area contributed by atoms with E-state index >= 15 is 0 Å². The highest BCUT2D eigenvalue weighted by atomic mass is 79.9. The Kier molecular flexibility index (Phi) is 10.3. The highest BCUT2D eigenvalue weighted by molar-refractivity contribution is 8.93. The molecule has 1 aromatic carbocycles. The average molecular weight is 496 g/mol. The van der Waals surface area contributed by atoms with Crippen LogP contribution in [0.15, 0.2) is 73.1 Å². The second-order valence-corrected chi connectivity index (χ2v) is 8.32. The van der Waals surface area contributed by atoms with Crippen molar-refractivity contribution in [3.8, 4) is 0 Å². The predicted octanol–water partition coefficient (Wildman–Crippen LogP) is 4.53. The second kappa shape index (κ2) is 13.4. The van der Waals surface area contributed by atoms with Crippen LogP contribution in [0.5, 0.6) is 0 Å². The summed E-state index contributed by atoms with van der Waals surface area (Å²) in [6.45, 7) is 3.39. The Bertz CT molecular complexity index is 889. The standard InChI is InChI=1S/C26H33N5.BrH/c1-2-10-26(31-20-24-8-4-6-16-29-24)25(9-1)30-18-22-13-11-21(12-14-22)17-27-19-23-7-3-5-15-28-23;/h3-8,11-16,25-27,30-31H,1-2,9-10,17-20H2;1H/t25-,26-;/m0./s1. The number of benzene rings is 1. The molecular weight excluding hydrogens is 462 g/mol. The van der Waals surface area contributed by atoms with Crippen molar-refractivity contribution in [3.63, 3.8) is 0 Å². The van der Waals surface area contributed by atoms with Crippen LogP contribution in [-0.2, 0) is 26.2 Å². The van der Waals surface area contributed by atoms with E-state index in [1.807, 2.05) is 36.7 Å². The summed E-state index contributed by atoms with van der Waals surface area (Å²) in [5.74, 6) is 0. The summed E-state index contributed by atoms with van der Waals surface area (Å²) in [7, 11) is 0. The summed E-state index contributed by atoms with van der Waals surface area (Å²) >= 11 is 0. The molecule has 1 aliphatic rings. The van der Waals surface area contributed by atoms with Crippen LogP contribution < -0.4 is 16.0 Å². The maximum atomic E-state index is 4.44. The highest BCUT2D eigenvalue weighted by Gasteiger charge is 2.24. The quantitative estimate of drug-likeness (QED) is 0.385. The zero-order chi connectivity index (χ0) is 21.1. The first kappa shape index (κ1) is 24.5. The molecule has 3 N–H and O–H groups in total. The van der Waals surface area contributed by atoms with Crippen LogP contribution in [0, 0.1) is 0 Å². The minimum Gasteiger partial charge on any atom is -0.308 e. The topological polar surface area (TPSA) is 61.9 Å². The number of nitrogens with one attached hydrogen (secondary N) is 3. The third kappa shape index (κ3) is 7.78. The van der Waals surface area contributed by atoms with Gasteiger partial charge < -0.3 is 16.0 Å². The Labute approximate surface area is 202 Å². The minimum absolute atomic E-state index is 0. The van der Waals surface area contributed by atoms with Gasteiger partial charge in [0, 0.05) is 50.7 Å². The second-order valence-electron chi connectivity index (χ2n) is 8.32. The fourth-order valence-corrected chi connectivity index (χ4v) is 4.22. The molecular formula is C26H34BrN5. The molecule has 0 amide bonds. The molecule has 5 nitrogen and oxygen atoms in total. The van der Waals surface area contributed by atoms with Gasteiger partial charge in [0.15, 0.2) is 0 Å². The van der Waals surface area contributed by atoms with Crippen molar-refractivity contribution in [2.75, 3.05) is 0 Å². The maximum Gasteiger partial charge on any atom is 0.0541 e. The number of halogens is 1. The Morgan fingerprint density at radius 1 is 0.625 bits per heavy atom. The molecule has 1 saturated carbocycles. The van der Waals surface area contributed by atoms with E-state index in [-0.39, 0.29) is 17.0 Å². The molecule has 3 aromatic rings. The molecule has 2 atom stereocenters. The van der Waals surface area contributed by atoms with E-state index in [0.29, 0.717) is 12.1 Å². The van der Waals surface area contributed by atoms with Crippen molar-refractivity contribution < 1.29 is 0 Å². The van der Waals surface area contributed by atoms with Crippen molar-refractivity contribution >= 4 is 17.0 Å². The van der Waals surface area contributed by atoms with Crippen molar-refractivity contribution in [3.05, 3.63) is 95.6 Å². The summed E-state index contributed by atoms with van der Waals surface area (Å²) in [6.07, 6.45) is 8.77. The molecule has 32 heavy (non-hydrogen) atoms. The van der Waals surface area contributed by atoms with E-state index in [1.54, 1.807) is 0 Å². The van der Waals surface area contributed by atoms with Crippen LogP contribution in [0.1, 0.15) is 48.2 Å². The van der Waals surface area contributed by atoms with E-state index in [2.05, 4.69) is 62.3 Å². The van der Waals surface area contributed by atoms with Crippen molar-refractivity contribution in [1.29, 1.82) is 0 Å². The summed E-state index contributed by atoms with van der Waals surface area (Å²) < 4.78 is 0. The molecule has 6 heteroatoms. The number of rotatable bonds is 10. The van der Waals surface area contributed by atoms with Crippen LogP contribution in [0.3, 0.4) is 0 Å². The average Bonchev–Trinajstić information content (AvgIpc) is 2.84. The Morgan fingerprint density at radius 2 is 1.16 bits per heavy atom. The predicted molar refractivity (Wildman–Crippen MR) is 136 cm³/mol. The van der Waals surface area contributed by atoms with E-state index in [1.165, 1.54) is 36.8 Å². The van der Waals surface area contributed by atoms with E-state index in [9.17, 15) is 0 Å². The van der Waals surface area contributed by atoms with E-state index in [4.69, 9.17) is 0 Å². The summed E-state index contributed by atoms with van der Waals surface area (Å²) in [5, 5.41) is 11.0. The molecule has 4 rings (SSSR count). The smallest absolute Gasteiger partial charge is 0.0541 e. The Balaban J connectivity index is 0.00000289. The lowest BCUT2D eigenvalue weighted by molar-refractivity contribution is 0.280. The third-order valence-corrected chi connectivity index (χ3v) is 5.99. The zero-order valence-corrected chi connectivity index (χ0v) is 20.3. The zero-order valence-electron chi connectivity index (χ0n) is 18.5. The first-order chi connectivity index (χ1) is 15.4. The van der Waals surface area contributed by atoms with Crippen molar-refractivity contribution in [2.24, 2.45) is 0 Å². The van der Waals surface area contributed by atoms with E-state index in [0.717, 1.165) is 37.6 Å². The molecule has 1 aliphatic carbocycles. The molecule has 0 unspecified atom stereocenters. The first-order valence-corrected chi connectivity index (χ1v) is 11.4. The molecule has 0 spiro atoms. The molecule has 0 aliphatic heterocycles. The molecule has 1 fully saturated rings. The lowest BCUT2D eigenvalue weighted by atomic mass is 9.90. The van der Waals surface area contributed by atoms with Gasteiger partial charge in [-0.2, -0.15) is 0 Å². The van der Waals surface area contributed by atoms with Crippen LogP contribution in [0.4, 0.5) is 0 Å². The van der Waals surface area contributed by atoms with Crippen molar-refractivity contribution in [2.45, 2.75) is 63.9 Å². The highest BCUT2D eigenvalue weighted by Crippen LogP contribution is 2.19. The molecule has 0 radical (unpaired) electrons. The normalized spacial score (nSPS) is 18.1. The third-order valence-electron chi connectivity index (χ3n) is 5.99. The van der Waals surface area contributed by atoms with Gasteiger partial charge in [-0.1, -0.05) is 49.2 Å². The molecule has 0 saturated heterocycles. The number of nitrogens with zero attached hydrogens (tertiary/aromatic N) is 2. The van der Waals surface area contributed by atoms with Crippen LogP contribution in [-0.4, -0.2) is 22.1 Å². The van der Waals surface area contributed by atoms with Gasteiger partial charge in [0.05, 0.1) is 11.4 Å². The summed E-state index contributed by atoms with van der Waals surface area (Å²) in [6, 6.07) is 22.1. The van der Waals surface area contributed by atoms with Gasteiger partial charge in [-0.25, -0.2) is 0 Å². The lowest BCUT2D eigenvalue weighted by Crippen LogP contribution is -2.49. The summed E-state index contributed by atoms with van der Waals surface area (Å²) in [4.78, 5) is 8.79.